The molecule has 1 aromatic carbocycles. The summed E-state index contributed by atoms with van der Waals surface area (Å²) in [7, 11) is 0. The van der Waals surface area contributed by atoms with E-state index in [1.165, 1.54) is 23.6 Å². The summed E-state index contributed by atoms with van der Waals surface area (Å²) >= 11 is 0. The lowest BCUT2D eigenvalue weighted by atomic mass is 10.3. The molecule has 0 spiro atoms. The van der Waals surface area contributed by atoms with Gasteiger partial charge in [0.2, 0.25) is 0 Å². The van der Waals surface area contributed by atoms with E-state index in [0.29, 0.717) is 24.1 Å². The first-order chi connectivity index (χ1) is 8.34. The molecule has 88 valence electrons. The Morgan fingerprint density at radius 1 is 1.35 bits per heavy atom. The number of para-hydroxylation sites is 1. The molecule has 0 saturated heterocycles. The Hall–Kier alpha value is -1.82. The molecule has 1 saturated carbocycles. The Morgan fingerprint density at radius 3 is 2.94 bits per heavy atom. The highest BCUT2D eigenvalue weighted by Crippen LogP contribution is 2.19. The average Bonchev–Trinajstić information content (AvgIpc) is 3.06. The van der Waals surface area contributed by atoms with Gasteiger partial charge in [0, 0.05) is 6.04 Å². The summed E-state index contributed by atoms with van der Waals surface area (Å²) in [5.41, 5.74) is 0.380. The fraction of sp³-hybridized carbons (Fsp3) is 0.364. The predicted molar refractivity (Wildman–Crippen MR) is 59.0 cm³/mol. The van der Waals surface area contributed by atoms with Crippen molar-refractivity contribution >= 4 is 0 Å². The van der Waals surface area contributed by atoms with Crippen LogP contribution in [0.1, 0.15) is 18.7 Å². The quantitative estimate of drug-likeness (QED) is 0.857. The van der Waals surface area contributed by atoms with Gasteiger partial charge in [-0.05, 0) is 35.4 Å². The van der Waals surface area contributed by atoms with Gasteiger partial charge in [-0.3, -0.25) is 0 Å². The minimum Gasteiger partial charge on any atom is -0.307 e. The van der Waals surface area contributed by atoms with Crippen LogP contribution in [-0.4, -0.2) is 26.2 Å². The number of benzene rings is 1. The van der Waals surface area contributed by atoms with E-state index < -0.39 is 0 Å². The minimum atomic E-state index is -0.326. The summed E-state index contributed by atoms with van der Waals surface area (Å²) < 4.78 is 15.0. The van der Waals surface area contributed by atoms with Gasteiger partial charge in [0.1, 0.15) is 11.5 Å². The fourth-order valence-electron chi connectivity index (χ4n) is 1.65. The minimum absolute atomic E-state index is 0.326. The molecular formula is C11H12FN5. The lowest BCUT2D eigenvalue weighted by molar-refractivity contribution is 0.591. The Labute approximate surface area is 97.6 Å². The van der Waals surface area contributed by atoms with Crippen molar-refractivity contribution < 1.29 is 4.39 Å². The second kappa shape index (κ2) is 4.21. The maximum atomic E-state index is 13.6. The summed E-state index contributed by atoms with van der Waals surface area (Å²) in [4.78, 5) is 0. The van der Waals surface area contributed by atoms with E-state index in [0.717, 1.165) is 0 Å². The second-order valence-electron chi connectivity index (χ2n) is 4.11. The Balaban J connectivity index is 1.86. The van der Waals surface area contributed by atoms with Gasteiger partial charge in [-0.25, -0.2) is 4.39 Å². The Bertz CT molecular complexity index is 520. The lowest BCUT2D eigenvalue weighted by Crippen LogP contribution is -2.19. The number of hydrogen-bond donors (Lipinski definition) is 1. The lowest BCUT2D eigenvalue weighted by Gasteiger charge is -2.05. The SMILES string of the molecule is Fc1ccccc1-n1nnnc1CNC1CC1. The summed E-state index contributed by atoms with van der Waals surface area (Å²) in [6, 6.07) is 7.03. The molecule has 5 nitrogen and oxygen atoms in total. The molecule has 0 unspecified atom stereocenters. The molecule has 1 aliphatic carbocycles. The summed E-state index contributed by atoms with van der Waals surface area (Å²) in [6.07, 6.45) is 2.39. The van der Waals surface area contributed by atoms with E-state index in [9.17, 15) is 4.39 Å². The van der Waals surface area contributed by atoms with Gasteiger partial charge in [-0.15, -0.1) is 5.10 Å². The summed E-state index contributed by atoms with van der Waals surface area (Å²) in [5.74, 6) is 0.300. The van der Waals surface area contributed by atoms with E-state index in [4.69, 9.17) is 0 Å². The summed E-state index contributed by atoms with van der Waals surface area (Å²) in [6.45, 7) is 0.562. The van der Waals surface area contributed by atoms with Crippen LogP contribution >= 0.6 is 0 Å². The molecule has 1 N–H and O–H groups in total. The largest absolute Gasteiger partial charge is 0.307 e. The van der Waals surface area contributed by atoms with Crippen LogP contribution in [0.2, 0.25) is 0 Å². The van der Waals surface area contributed by atoms with Crippen LogP contribution in [0.3, 0.4) is 0 Å². The molecular weight excluding hydrogens is 221 g/mol. The molecule has 1 aliphatic rings. The molecule has 0 atom stereocenters. The number of aromatic nitrogens is 4. The van der Waals surface area contributed by atoms with Gasteiger partial charge in [0.15, 0.2) is 5.82 Å². The molecule has 3 rings (SSSR count). The first kappa shape index (κ1) is 10.3. The number of nitrogens with one attached hydrogen (secondary N) is 1. The van der Waals surface area contributed by atoms with Crippen LogP contribution in [0, 0.1) is 5.82 Å². The third-order valence-corrected chi connectivity index (χ3v) is 2.74. The number of rotatable bonds is 4. The smallest absolute Gasteiger partial charge is 0.170 e. The molecule has 1 heterocycles. The van der Waals surface area contributed by atoms with Crippen LogP contribution in [0.25, 0.3) is 5.69 Å². The van der Waals surface area contributed by atoms with Crippen molar-refractivity contribution in [2.75, 3.05) is 0 Å². The molecule has 2 aromatic rings. The summed E-state index contributed by atoms with van der Waals surface area (Å²) in [5, 5.41) is 14.6. The third kappa shape index (κ3) is 2.16. The number of tetrazole rings is 1. The Kier molecular flexibility index (Phi) is 2.56. The molecule has 6 heteroatoms. The zero-order valence-corrected chi connectivity index (χ0v) is 9.17. The highest BCUT2D eigenvalue weighted by atomic mass is 19.1. The second-order valence-corrected chi connectivity index (χ2v) is 4.11. The van der Waals surface area contributed by atoms with Gasteiger partial charge < -0.3 is 5.32 Å². The highest BCUT2D eigenvalue weighted by Gasteiger charge is 2.21. The number of halogens is 1. The van der Waals surface area contributed by atoms with Gasteiger partial charge in [0.25, 0.3) is 0 Å². The van der Waals surface area contributed by atoms with E-state index in [1.54, 1.807) is 18.2 Å². The molecule has 0 bridgehead atoms. The van der Waals surface area contributed by atoms with Crippen LogP contribution in [0.15, 0.2) is 24.3 Å². The van der Waals surface area contributed by atoms with Crippen molar-refractivity contribution in [1.29, 1.82) is 0 Å². The first-order valence-corrected chi connectivity index (χ1v) is 5.60. The van der Waals surface area contributed by atoms with Crippen molar-refractivity contribution in [2.45, 2.75) is 25.4 Å². The van der Waals surface area contributed by atoms with Crippen molar-refractivity contribution in [3.63, 3.8) is 0 Å². The normalized spacial score (nSPS) is 15.1. The van der Waals surface area contributed by atoms with Crippen molar-refractivity contribution in [2.24, 2.45) is 0 Å². The molecule has 0 aliphatic heterocycles. The number of nitrogens with zero attached hydrogens (tertiary/aromatic N) is 4. The third-order valence-electron chi connectivity index (χ3n) is 2.74. The van der Waals surface area contributed by atoms with E-state index >= 15 is 0 Å². The molecule has 0 amide bonds. The molecule has 17 heavy (non-hydrogen) atoms. The van der Waals surface area contributed by atoms with Gasteiger partial charge in [-0.2, -0.15) is 4.68 Å². The molecule has 0 radical (unpaired) electrons. The van der Waals surface area contributed by atoms with Crippen molar-refractivity contribution in [3.8, 4) is 5.69 Å². The predicted octanol–water partition coefficient (Wildman–Crippen LogP) is 1.05. The van der Waals surface area contributed by atoms with E-state index in [2.05, 4.69) is 20.8 Å². The van der Waals surface area contributed by atoms with Gasteiger partial charge >= 0.3 is 0 Å². The van der Waals surface area contributed by atoms with Crippen molar-refractivity contribution in [3.05, 3.63) is 35.9 Å². The highest BCUT2D eigenvalue weighted by molar-refractivity contribution is 5.32. The zero-order chi connectivity index (χ0) is 11.7. The standard InChI is InChI=1S/C11H12FN5/c12-9-3-1-2-4-10(9)17-11(14-15-16-17)7-13-8-5-6-8/h1-4,8,13H,5-7H2. The van der Waals surface area contributed by atoms with Crippen molar-refractivity contribution in [1.82, 2.24) is 25.5 Å². The maximum Gasteiger partial charge on any atom is 0.170 e. The fourth-order valence-corrected chi connectivity index (χ4v) is 1.65. The van der Waals surface area contributed by atoms with Crippen LogP contribution in [0.5, 0.6) is 0 Å². The van der Waals surface area contributed by atoms with Crippen LogP contribution < -0.4 is 5.32 Å². The monoisotopic (exact) mass is 233 g/mol. The topological polar surface area (TPSA) is 55.6 Å². The van der Waals surface area contributed by atoms with Crippen LogP contribution in [-0.2, 0) is 6.54 Å². The van der Waals surface area contributed by atoms with Crippen LogP contribution in [0.4, 0.5) is 4.39 Å². The Morgan fingerprint density at radius 2 is 2.18 bits per heavy atom. The van der Waals surface area contributed by atoms with E-state index in [-0.39, 0.29) is 5.82 Å². The maximum absolute atomic E-state index is 13.6. The molecule has 1 aromatic heterocycles. The first-order valence-electron chi connectivity index (χ1n) is 5.60. The average molecular weight is 233 g/mol. The van der Waals surface area contributed by atoms with E-state index in [1.807, 2.05) is 0 Å². The number of hydrogen-bond acceptors (Lipinski definition) is 4. The molecule has 1 fully saturated rings. The van der Waals surface area contributed by atoms with Gasteiger partial charge in [0.05, 0.1) is 6.54 Å². The van der Waals surface area contributed by atoms with Gasteiger partial charge in [-0.1, -0.05) is 12.1 Å². The zero-order valence-electron chi connectivity index (χ0n) is 9.17.